The van der Waals surface area contributed by atoms with Gasteiger partial charge >= 0.3 is 0 Å². The fraction of sp³-hybridized carbons (Fsp3) is 0.310. The number of nitrogens with one attached hydrogen (secondary N) is 1. The van der Waals surface area contributed by atoms with Gasteiger partial charge in [0.2, 0.25) is 11.8 Å². The Kier molecular flexibility index (Phi) is 10.5. The highest BCUT2D eigenvalue weighted by Gasteiger charge is 2.35. The van der Waals surface area contributed by atoms with Crippen LogP contribution in [0.5, 0.6) is 0 Å². The molecule has 3 aromatic carbocycles. The van der Waals surface area contributed by atoms with Gasteiger partial charge in [-0.2, -0.15) is 0 Å². The summed E-state index contributed by atoms with van der Waals surface area (Å²) >= 11 is 6.39. The van der Waals surface area contributed by atoms with Crippen LogP contribution in [0.2, 0.25) is 5.02 Å². The van der Waals surface area contributed by atoms with Crippen molar-refractivity contribution in [1.29, 1.82) is 0 Å². The van der Waals surface area contributed by atoms with Crippen molar-refractivity contribution >= 4 is 39.1 Å². The number of rotatable bonds is 12. The summed E-state index contributed by atoms with van der Waals surface area (Å²) in [6, 6.07) is 18.7. The van der Waals surface area contributed by atoms with Crippen LogP contribution in [0.3, 0.4) is 0 Å². The minimum Gasteiger partial charge on any atom is -0.352 e. The van der Waals surface area contributed by atoms with Crippen molar-refractivity contribution in [3.05, 3.63) is 95.3 Å². The number of sulfonamides is 1. The lowest BCUT2D eigenvalue weighted by molar-refractivity contribution is -0.140. The van der Waals surface area contributed by atoms with E-state index in [0.717, 1.165) is 10.4 Å². The predicted molar refractivity (Wildman–Crippen MR) is 151 cm³/mol. The summed E-state index contributed by atoms with van der Waals surface area (Å²) in [6.07, 6.45) is 0.959. The van der Waals surface area contributed by atoms with Gasteiger partial charge in [-0.05, 0) is 55.7 Å². The third-order valence-electron chi connectivity index (χ3n) is 6.42. The molecule has 10 heteroatoms. The number of anilines is 1. The lowest BCUT2D eigenvalue weighted by Gasteiger charge is -2.34. The molecule has 0 saturated heterocycles. The van der Waals surface area contributed by atoms with Gasteiger partial charge in [0.05, 0.1) is 10.6 Å². The molecule has 0 spiro atoms. The Labute approximate surface area is 234 Å². The highest BCUT2D eigenvalue weighted by molar-refractivity contribution is 7.92. The van der Waals surface area contributed by atoms with E-state index >= 15 is 0 Å². The molecule has 2 amide bonds. The summed E-state index contributed by atoms with van der Waals surface area (Å²) in [7, 11) is -4.34. The fourth-order valence-electron chi connectivity index (χ4n) is 4.06. The van der Waals surface area contributed by atoms with E-state index in [0.29, 0.717) is 17.0 Å². The molecule has 0 aliphatic carbocycles. The van der Waals surface area contributed by atoms with Gasteiger partial charge in [-0.1, -0.05) is 74.0 Å². The molecule has 7 nitrogen and oxygen atoms in total. The smallest absolute Gasteiger partial charge is 0.264 e. The first-order chi connectivity index (χ1) is 18.6. The van der Waals surface area contributed by atoms with Crippen LogP contribution in [0.25, 0.3) is 0 Å². The van der Waals surface area contributed by atoms with Gasteiger partial charge in [-0.3, -0.25) is 13.9 Å². The number of benzene rings is 3. The average molecular weight is 574 g/mol. The Morgan fingerprint density at radius 1 is 0.923 bits per heavy atom. The van der Waals surface area contributed by atoms with Crippen LogP contribution in [0.15, 0.2) is 83.8 Å². The van der Waals surface area contributed by atoms with Crippen molar-refractivity contribution in [3.63, 3.8) is 0 Å². The van der Waals surface area contributed by atoms with E-state index in [1.54, 1.807) is 49.4 Å². The van der Waals surface area contributed by atoms with Crippen LogP contribution in [-0.4, -0.2) is 43.8 Å². The van der Waals surface area contributed by atoms with Gasteiger partial charge in [0.15, 0.2) is 0 Å². The molecule has 39 heavy (non-hydrogen) atoms. The number of hydrogen-bond donors (Lipinski definition) is 1. The second-order valence-corrected chi connectivity index (χ2v) is 11.4. The third-order valence-corrected chi connectivity index (χ3v) is 8.56. The number of amides is 2. The zero-order valence-corrected chi connectivity index (χ0v) is 23.8. The van der Waals surface area contributed by atoms with Gasteiger partial charge in [-0.15, -0.1) is 0 Å². The Hall–Kier alpha value is -3.43. The largest absolute Gasteiger partial charge is 0.352 e. The molecular formula is C29H33ClFN3O4S. The van der Waals surface area contributed by atoms with Crippen LogP contribution in [0, 0.1) is 5.82 Å². The molecule has 0 bridgehead atoms. The summed E-state index contributed by atoms with van der Waals surface area (Å²) in [6.45, 7) is 4.79. The number of hydrogen-bond acceptors (Lipinski definition) is 4. The molecule has 3 aromatic rings. The van der Waals surface area contributed by atoms with Crippen LogP contribution >= 0.6 is 11.6 Å². The summed E-state index contributed by atoms with van der Waals surface area (Å²) in [5, 5.41) is 3.31. The Morgan fingerprint density at radius 2 is 1.54 bits per heavy atom. The maximum absolute atomic E-state index is 15.0. The van der Waals surface area contributed by atoms with Crippen molar-refractivity contribution in [3.8, 4) is 0 Å². The van der Waals surface area contributed by atoms with Crippen molar-refractivity contribution < 1.29 is 22.4 Å². The van der Waals surface area contributed by atoms with Crippen molar-refractivity contribution in [2.75, 3.05) is 10.8 Å². The van der Waals surface area contributed by atoms with E-state index in [1.165, 1.54) is 35.2 Å². The molecule has 0 unspecified atom stereocenters. The molecule has 208 valence electrons. The molecule has 0 fully saturated rings. The van der Waals surface area contributed by atoms with Crippen LogP contribution in [-0.2, 0) is 26.2 Å². The van der Waals surface area contributed by atoms with Crippen molar-refractivity contribution in [1.82, 2.24) is 10.2 Å². The topological polar surface area (TPSA) is 86.8 Å². The number of carbonyl (C=O) groups is 2. The second-order valence-electron chi connectivity index (χ2n) is 9.13. The third kappa shape index (κ3) is 7.36. The van der Waals surface area contributed by atoms with Gasteiger partial charge in [-0.25, -0.2) is 12.8 Å². The van der Waals surface area contributed by atoms with E-state index in [9.17, 15) is 22.4 Å². The van der Waals surface area contributed by atoms with Gasteiger partial charge in [0.1, 0.15) is 18.4 Å². The Balaban J connectivity index is 2.07. The summed E-state index contributed by atoms with van der Waals surface area (Å²) in [4.78, 5) is 28.4. The minimum atomic E-state index is -4.34. The lowest BCUT2D eigenvalue weighted by Crippen LogP contribution is -2.53. The molecule has 0 saturated carbocycles. The van der Waals surface area contributed by atoms with E-state index < -0.39 is 34.3 Å². The minimum absolute atomic E-state index is 0.0402. The van der Waals surface area contributed by atoms with E-state index in [4.69, 9.17) is 11.6 Å². The Bertz CT molecular complexity index is 1390. The normalized spacial score (nSPS) is 12.8. The molecule has 3 rings (SSSR count). The molecule has 0 aromatic heterocycles. The first kappa shape index (κ1) is 30.1. The first-order valence-electron chi connectivity index (χ1n) is 12.8. The van der Waals surface area contributed by atoms with E-state index in [2.05, 4.69) is 5.32 Å². The molecule has 1 N–H and O–H groups in total. The summed E-state index contributed by atoms with van der Waals surface area (Å²) in [5.41, 5.74) is 0.315. The average Bonchev–Trinajstić information content (AvgIpc) is 2.93. The quantitative estimate of drug-likeness (QED) is 0.314. The van der Waals surface area contributed by atoms with Crippen molar-refractivity contribution in [2.24, 2.45) is 0 Å². The zero-order chi connectivity index (χ0) is 28.6. The lowest BCUT2D eigenvalue weighted by atomic mass is 10.1. The van der Waals surface area contributed by atoms with E-state index in [-0.39, 0.29) is 35.5 Å². The maximum Gasteiger partial charge on any atom is 0.264 e. The van der Waals surface area contributed by atoms with Gasteiger partial charge in [0.25, 0.3) is 10.0 Å². The fourth-order valence-corrected chi connectivity index (χ4v) is 5.70. The first-order valence-corrected chi connectivity index (χ1v) is 14.6. The van der Waals surface area contributed by atoms with E-state index in [1.807, 2.05) is 13.8 Å². The van der Waals surface area contributed by atoms with Gasteiger partial charge in [0, 0.05) is 17.6 Å². The number of para-hydroxylation sites is 1. The maximum atomic E-state index is 15.0. The molecule has 0 heterocycles. The monoisotopic (exact) mass is 573 g/mol. The molecule has 0 radical (unpaired) electrons. The van der Waals surface area contributed by atoms with Crippen LogP contribution in [0.4, 0.5) is 10.1 Å². The number of nitrogens with zero attached hydrogens (tertiary/aromatic N) is 2. The number of carbonyl (C=O) groups excluding carboxylic acids is 2. The van der Waals surface area contributed by atoms with Gasteiger partial charge < -0.3 is 10.2 Å². The molecule has 2 atom stereocenters. The standard InChI is InChI=1S/C29H33ClFN3O4S/c1-4-21(3)32-29(36)26(5-2)33(19-22-13-9-10-16-24(22)30)28(35)20-34(27-18-12-11-17-25(27)31)39(37,38)23-14-7-6-8-15-23/h6-18,21,26H,4-5,19-20H2,1-3H3,(H,32,36)/t21-,26+/m1/s1. The highest BCUT2D eigenvalue weighted by atomic mass is 35.5. The molecular weight excluding hydrogens is 541 g/mol. The number of halogens is 2. The molecule has 0 aliphatic heterocycles. The summed E-state index contributed by atoms with van der Waals surface area (Å²) in [5.74, 6) is -1.84. The Morgan fingerprint density at radius 3 is 2.15 bits per heavy atom. The second kappa shape index (κ2) is 13.6. The molecule has 0 aliphatic rings. The van der Waals surface area contributed by atoms with Crippen molar-refractivity contribution in [2.45, 2.75) is 57.1 Å². The zero-order valence-electron chi connectivity index (χ0n) is 22.2. The van der Waals surface area contributed by atoms with Crippen LogP contribution in [0.1, 0.15) is 39.2 Å². The summed E-state index contributed by atoms with van der Waals surface area (Å²) < 4.78 is 43.1. The SMILES string of the molecule is CC[C@@H](C)NC(=O)[C@H](CC)N(Cc1ccccc1Cl)C(=O)CN(c1ccccc1F)S(=O)(=O)c1ccccc1. The predicted octanol–water partition coefficient (Wildman–Crippen LogP) is 5.40. The van der Waals surface area contributed by atoms with Crippen LogP contribution < -0.4 is 9.62 Å². The highest BCUT2D eigenvalue weighted by Crippen LogP contribution is 2.27.